The first kappa shape index (κ1) is 15.6. The van der Waals surface area contributed by atoms with Crippen LogP contribution in [0.1, 0.15) is 25.3 Å². The first-order valence-corrected chi connectivity index (χ1v) is 8.22. The second-order valence-electron chi connectivity index (χ2n) is 5.28. The summed E-state index contributed by atoms with van der Waals surface area (Å²) in [6.07, 6.45) is 1.91. The van der Waals surface area contributed by atoms with Crippen molar-refractivity contribution >= 4 is 21.7 Å². The van der Waals surface area contributed by atoms with Crippen molar-refractivity contribution < 1.29 is 13.6 Å². The van der Waals surface area contributed by atoms with Gasteiger partial charge in [-0.3, -0.25) is 4.72 Å². The van der Waals surface area contributed by atoms with E-state index in [-0.39, 0.29) is 5.84 Å². The lowest BCUT2D eigenvalue weighted by atomic mass is 10.0. The van der Waals surface area contributed by atoms with Crippen LogP contribution >= 0.6 is 0 Å². The zero-order valence-corrected chi connectivity index (χ0v) is 12.7. The summed E-state index contributed by atoms with van der Waals surface area (Å²) in [4.78, 5) is 0. The number of amidine groups is 1. The van der Waals surface area contributed by atoms with Gasteiger partial charge in [-0.1, -0.05) is 24.2 Å². The summed E-state index contributed by atoms with van der Waals surface area (Å²) in [5.41, 5.74) is 6.34. The average Bonchev–Trinajstić information content (AvgIpc) is 2.46. The first-order valence-electron chi connectivity index (χ1n) is 6.78. The van der Waals surface area contributed by atoms with Crippen molar-refractivity contribution in [1.29, 1.82) is 0 Å². The number of nitrogens with zero attached hydrogens (tertiary/aromatic N) is 2. The average molecular weight is 312 g/mol. The molecule has 8 heteroatoms. The number of benzene rings is 1. The topological polar surface area (TPSA) is 108 Å². The predicted molar refractivity (Wildman–Crippen MR) is 81.5 cm³/mol. The maximum absolute atomic E-state index is 12.4. The van der Waals surface area contributed by atoms with Crippen molar-refractivity contribution in [3.63, 3.8) is 0 Å². The molecule has 0 radical (unpaired) electrons. The van der Waals surface area contributed by atoms with Gasteiger partial charge in [0.2, 0.25) is 0 Å². The molecule has 0 amide bonds. The molecule has 1 saturated heterocycles. The van der Waals surface area contributed by atoms with Crippen molar-refractivity contribution in [2.45, 2.75) is 19.8 Å². The Morgan fingerprint density at radius 2 is 2.29 bits per heavy atom. The summed E-state index contributed by atoms with van der Waals surface area (Å²) >= 11 is 0. The van der Waals surface area contributed by atoms with Gasteiger partial charge in [0.25, 0.3) is 0 Å². The highest BCUT2D eigenvalue weighted by atomic mass is 32.2. The molecular weight excluding hydrogens is 292 g/mol. The van der Waals surface area contributed by atoms with Crippen LogP contribution in [0.4, 0.5) is 5.69 Å². The third kappa shape index (κ3) is 3.85. The van der Waals surface area contributed by atoms with Gasteiger partial charge in [-0.25, -0.2) is 0 Å². The Morgan fingerprint density at radius 3 is 2.95 bits per heavy atom. The Kier molecular flexibility index (Phi) is 4.69. The van der Waals surface area contributed by atoms with E-state index in [0.29, 0.717) is 30.3 Å². The van der Waals surface area contributed by atoms with E-state index in [1.54, 1.807) is 18.2 Å². The molecule has 1 aliphatic rings. The van der Waals surface area contributed by atoms with Crippen molar-refractivity contribution in [2.24, 2.45) is 16.8 Å². The normalized spacial score (nSPS) is 21.2. The zero-order chi connectivity index (χ0) is 15.5. The van der Waals surface area contributed by atoms with Gasteiger partial charge >= 0.3 is 10.2 Å². The Hall–Kier alpha value is -1.80. The first-order chi connectivity index (χ1) is 9.92. The molecule has 0 saturated carbocycles. The van der Waals surface area contributed by atoms with Crippen LogP contribution in [0.15, 0.2) is 29.4 Å². The molecule has 1 heterocycles. The standard InChI is InChI=1S/C13H20N4O3S/c1-10-4-3-7-17(9-10)21(19,20)16-12-6-2-5-11(8-12)13(14)15-18/h2,5-6,8,10,16,18H,3-4,7,9H2,1H3,(H2,14,15). The molecule has 1 unspecified atom stereocenters. The number of rotatable bonds is 4. The van der Waals surface area contributed by atoms with Crippen molar-refractivity contribution in [3.8, 4) is 0 Å². The summed E-state index contributed by atoms with van der Waals surface area (Å²) in [5, 5.41) is 11.6. The quantitative estimate of drug-likeness (QED) is 0.335. The fourth-order valence-electron chi connectivity index (χ4n) is 2.38. The maximum atomic E-state index is 12.4. The minimum absolute atomic E-state index is 0.0670. The van der Waals surface area contributed by atoms with Crippen molar-refractivity contribution in [2.75, 3.05) is 17.8 Å². The Morgan fingerprint density at radius 1 is 1.52 bits per heavy atom. The zero-order valence-electron chi connectivity index (χ0n) is 11.9. The molecule has 1 aromatic carbocycles. The summed E-state index contributed by atoms with van der Waals surface area (Å²) in [7, 11) is -3.58. The molecule has 2 rings (SSSR count). The summed E-state index contributed by atoms with van der Waals surface area (Å²) < 4.78 is 28.7. The van der Waals surface area contributed by atoms with Crippen molar-refractivity contribution in [3.05, 3.63) is 29.8 Å². The molecular formula is C13H20N4O3S. The highest BCUT2D eigenvalue weighted by Crippen LogP contribution is 2.20. The van der Waals surface area contributed by atoms with Gasteiger partial charge in [0, 0.05) is 18.7 Å². The smallest absolute Gasteiger partial charge is 0.301 e. The van der Waals surface area contributed by atoms with Gasteiger partial charge in [0.1, 0.15) is 0 Å². The minimum atomic E-state index is -3.58. The van der Waals surface area contributed by atoms with E-state index < -0.39 is 10.2 Å². The third-order valence-electron chi connectivity index (χ3n) is 3.47. The van der Waals surface area contributed by atoms with Crippen LogP contribution in [0, 0.1) is 5.92 Å². The summed E-state index contributed by atoms with van der Waals surface area (Å²) in [6.45, 7) is 3.09. The number of nitrogens with one attached hydrogen (secondary N) is 1. The van der Waals surface area contributed by atoms with Gasteiger partial charge in [0.15, 0.2) is 5.84 Å². The second-order valence-corrected chi connectivity index (χ2v) is 6.95. The molecule has 1 aliphatic heterocycles. The molecule has 4 N–H and O–H groups in total. The van der Waals surface area contributed by atoms with Gasteiger partial charge in [0.05, 0.1) is 5.69 Å². The largest absolute Gasteiger partial charge is 0.409 e. The van der Waals surface area contributed by atoms with E-state index in [2.05, 4.69) is 9.88 Å². The molecule has 7 nitrogen and oxygen atoms in total. The summed E-state index contributed by atoms with van der Waals surface area (Å²) in [5.74, 6) is 0.293. The Labute approximate surface area is 124 Å². The number of oxime groups is 1. The molecule has 1 atom stereocenters. The lowest BCUT2D eigenvalue weighted by Gasteiger charge is -2.30. The SMILES string of the molecule is CC1CCCN(S(=O)(=O)Nc2cccc(/C(N)=N/O)c2)C1. The minimum Gasteiger partial charge on any atom is -0.409 e. The van der Waals surface area contributed by atoms with E-state index in [1.165, 1.54) is 10.4 Å². The molecule has 1 aromatic rings. The molecule has 0 aromatic heterocycles. The van der Waals surface area contributed by atoms with Gasteiger partial charge < -0.3 is 10.9 Å². The molecule has 116 valence electrons. The van der Waals surface area contributed by atoms with E-state index in [9.17, 15) is 8.42 Å². The van der Waals surface area contributed by atoms with Crippen LogP contribution in [-0.2, 0) is 10.2 Å². The van der Waals surface area contributed by atoms with Gasteiger partial charge in [-0.15, -0.1) is 0 Å². The summed E-state index contributed by atoms with van der Waals surface area (Å²) in [6, 6.07) is 6.43. The van der Waals surface area contributed by atoms with Crippen LogP contribution < -0.4 is 10.5 Å². The lowest BCUT2D eigenvalue weighted by molar-refractivity contribution is 0.282. The fraction of sp³-hybridized carbons (Fsp3) is 0.462. The van der Waals surface area contributed by atoms with Crippen LogP contribution in [0.25, 0.3) is 0 Å². The molecule has 0 aliphatic carbocycles. The molecule has 0 spiro atoms. The Bertz CT molecular complexity index is 630. The fourth-order valence-corrected chi connectivity index (χ4v) is 3.75. The number of nitrogens with two attached hydrogens (primary N) is 1. The van der Waals surface area contributed by atoms with E-state index in [1.807, 2.05) is 6.92 Å². The predicted octanol–water partition coefficient (Wildman–Crippen LogP) is 1.17. The number of piperidine rings is 1. The van der Waals surface area contributed by atoms with Crippen molar-refractivity contribution in [1.82, 2.24) is 4.31 Å². The van der Waals surface area contributed by atoms with Crippen LogP contribution in [0.5, 0.6) is 0 Å². The van der Waals surface area contributed by atoms with E-state index in [4.69, 9.17) is 10.9 Å². The second kappa shape index (κ2) is 6.31. The highest BCUT2D eigenvalue weighted by molar-refractivity contribution is 7.90. The monoisotopic (exact) mass is 312 g/mol. The highest BCUT2D eigenvalue weighted by Gasteiger charge is 2.26. The number of hydrogen-bond donors (Lipinski definition) is 3. The Balaban J connectivity index is 2.17. The van der Waals surface area contributed by atoms with Crippen LogP contribution in [0.3, 0.4) is 0 Å². The number of hydrogen-bond acceptors (Lipinski definition) is 4. The van der Waals surface area contributed by atoms with Gasteiger partial charge in [-0.2, -0.15) is 12.7 Å². The third-order valence-corrected chi connectivity index (χ3v) is 4.98. The van der Waals surface area contributed by atoms with Gasteiger partial charge in [-0.05, 0) is 30.9 Å². The maximum Gasteiger partial charge on any atom is 0.301 e. The molecule has 21 heavy (non-hydrogen) atoms. The van der Waals surface area contributed by atoms with Crippen LogP contribution in [0.2, 0.25) is 0 Å². The van der Waals surface area contributed by atoms with Crippen LogP contribution in [-0.4, -0.2) is 36.9 Å². The lowest BCUT2D eigenvalue weighted by Crippen LogP contribution is -2.42. The van der Waals surface area contributed by atoms with E-state index in [0.717, 1.165) is 12.8 Å². The number of anilines is 1. The molecule has 0 bridgehead atoms. The molecule has 1 fully saturated rings. The van der Waals surface area contributed by atoms with E-state index >= 15 is 0 Å².